The molecule has 0 aliphatic heterocycles. The van der Waals surface area contributed by atoms with Gasteiger partial charge in [0.2, 0.25) is 5.91 Å². The van der Waals surface area contributed by atoms with Gasteiger partial charge in [0.05, 0.1) is 5.92 Å². The molecule has 0 aliphatic carbocycles. The molecule has 0 aromatic heterocycles. The standard InChI is InChI=1S/C16H24BrNO/c1-4-15(13-8-6-5-7-9-13)16(19)18-14(11-17)10-12(2)3/h5-9,12,14-15H,4,10-11H2,1-3H3,(H,18,19). The number of hydrogen-bond donors (Lipinski definition) is 1. The Morgan fingerprint density at radius 3 is 2.37 bits per heavy atom. The zero-order chi connectivity index (χ0) is 14.3. The van der Waals surface area contributed by atoms with Crippen molar-refractivity contribution in [3.05, 3.63) is 35.9 Å². The van der Waals surface area contributed by atoms with Gasteiger partial charge in [0.1, 0.15) is 0 Å². The van der Waals surface area contributed by atoms with Crippen LogP contribution in [0.2, 0.25) is 0 Å². The van der Waals surface area contributed by atoms with E-state index < -0.39 is 0 Å². The molecule has 0 fully saturated rings. The Balaban J connectivity index is 2.69. The minimum atomic E-state index is -0.0464. The fraction of sp³-hybridized carbons (Fsp3) is 0.562. The van der Waals surface area contributed by atoms with E-state index in [2.05, 4.69) is 42.0 Å². The Bertz CT molecular complexity index is 378. The van der Waals surface area contributed by atoms with Crippen LogP contribution in [-0.2, 0) is 4.79 Å². The maximum atomic E-state index is 12.4. The summed E-state index contributed by atoms with van der Waals surface area (Å²) < 4.78 is 0. The Morgan fingerprint density at radius 1 is 1.26 bits per heavy atom. The van der Waals surface area contributed by atoms with Gasteiger partial charge in [-0.25, -0.2) is 0 Å². The molecule has 0 bridgehead atoms. The van der Waals surface area contributed by atoms with E-state index >= 15 is 0 Å². The highest BCUT2D eigenvalue weighted by Crippen LogP contribution is 2.20. The highest BCUT2D eigenvalue weighted by molar-refractivity contribution is 9.09. The summed E-state index contributed by atoms with van der Waals surface area (Å²) in [6.07, 6.45) is 1.83. The topological polar surface area (TPSA) is 29.1 Å². The minimum Gasteiger partial charge on any atom is -0.352 e. The molecule has 2 unspecified atom stereocenters. The van der Waals surface area contributed by atoms with Crippen molar-refractivity contribution in [3.8, 4) is 0 Å². The Hall–Kier alpha value is -0.830. The number of carbonyl (C=O) groups is 1. The second-order valence-electron chi connectivity index (χ2n) is 5.36. The van der Waals surface area contributed by atoms with Crippen LogP contribution < -0.4 is 5.32 Å². The fourth-order valence-electron chi connectivity index (χ4n) is 2.29. The maximum Gasteiger partial charge on any atom is 0.227 e. The van der Waals surface area contributed by atoms with E-state index in [1.165, 1.54) is 0 Å². The van der Waals surface area contributed by atoms with Gasteiger partial charge in [-0.1, -0.05) is 67.0 Å². The SMILES string of the molecule is CCC(C(=O)NC(CBr)CC(C)C)c1ccccc1. The summed E-state index contributed by atoms with van der Waals surface area (Å²) in [7, 11) is 0. The molecule has 0 saturated heterocycles. The number of halogens is 1. The van der Waals surface area contributed by atoms with Crippen LogP contribution in [0.5, 0.6) is 0 Å². The normalized spacial score (nSPS) is 14.2. The van der Waals surface area contributed by atoms with Crippen molar-refractivity contribution in [2.24, 2.45) is 5.92 Å². The number of nitrogens with one attached hydrogen (secondary N) is 1. The van der Waals surface area contributed by atoms with Gasteiger partial charge in [-0.2, -0.15) is 0 Å². The van der Waals surface area contributed by atoms with Gasteiger partial charge in [-0.15, -0.1) is 0 Å². The molecular weight excluding hydrogens is 302 g/mol. The molecular formula is C16H24BrNO. The van der Waals surface area contributed by atoms with E-state index in [-0.39, 0.29) is 17.9 Å². The van der Waals surface area contributed by atoms with Crippen LogP contribution in [0.3, 0.4) is 0 Å². The third kappa shape index (κ3) is 5.35. The molecule has 1 aromatic rings. The minimum absolute atomic E-state index is 0.0464. The molecule has 0 heterocycles. The van der Waals surface area contributed by atoms with Crippen LogP contribution in [0, 0.1) is 5.92 Å². The largest absolute Gasteiger partial charge is 0.352 e. The monoisotopic (exact) mass is 325 g/mol. The van der Waals surface area contributed by atoms with Crippen molar-refractivity contribution in [1.82, 2.24) is 5.32 Å². The van der Waals surface area contributed by atoms with Crippen molar-refractivity contribution in [2.45, 2.75) is 45.6 Å². The molecule has 2 atom stereocenters. The second kappa shape index (κ2) is 8.36. The Kier molecular flexibility index (Phi) is 7.14. The summed E-state index contributed by atoms with van der Waals surface area (Å²) in [5, 5.41) is 3.97. The summed E-state index contributed by atoms with van der Waals surface area (Å²) in [6.45, 7) is 6.41. The molecule has 2 nitrogen and oxygen atoms in total. The number of hydrogen-bond acceptors (Lipinski definition) is 1. The number of amides is 1. The van der Waals surface area contributed by atoms with E-state index in [0.717, 1.165) is 23.7 Å². The predicted octanol–water partition coefficient (Wildman–Crippen LogP) is 4.11. The van der Waals surface area contributed by atoms with Crippen LogP contribution in [-0.4, -0.2) is 17.3 Å². The highest BCUT2D eigenvalue weighted by atomic mass is 79.9. The molecule has 3 heteroatoms. The quantitative estimate of drug-likeness (QED) is 0.751. The van der Waals surface area contributed by atoms with Crippen molar-refractivity contribution >= 4 is 21.8 Å². The summed E-state index contributed by atoms with van der Waals surface area (Å²) >= 11 is 3.49. The van der Waals surface area contributed by atoms with E-state index in [0.29, 0.717) is 5.92 Å². The molecule has 1 aromatic carbocycles. The lowest BCUT2D eigenvalue weighted by molar-refractivity contribution is -0.123. The fourth-order valence-corrected chi connectivity index (χ4v) is 2.72. The molecule has 1 amide bonds. The van der Waals surface area contributed by atoms with Gasteiger partial charge < -0.3 is 5.32 Å². The van der Waals surface area contributed by atoms with Gasteiger partial charge in [0.25, 0.3) is 0 Å². The average Bonchev–Trinajstić information content (AvgIpc) is 2.39. The molecule has 19 heavy (non-hydrogen) atoms. The zero-order valence-electron chi connectivity index (χ0n) is 12.0. The zero-order valence-corrected chi connectivity index (χ0v) is 13.6. The van der Waals surface area contributed by atoms with Crippen LogP contribution in [0.25, 0.3) is 0 Å². The maximum absolute atomic E-state index is 12.4. The first kappa shape index (κ1) is 16.2. The van der Waals surface area contributed by atoms with Gasteiger partial charge in [0.15, 0.2) is 0 Å². The van der Waals surface area contributed by atoms with Gasteiger partial charge >= 0.3 is 0 Å². The smallest absolute Gasteiger partial charge is 0.227 e. The Morgan fingerprint density at radius 2 is 1.89 bits per heavy atom. The van der Waals surface area contributed by atoms with Crippen LogP contribution in [0.15, 0.2) is 30.3 Å². The second-order valence-corrected chi connectivity index (χ2v) is 6.01. The summed E-state index contributed by atoms with van der Waals surface area (Å²) in [4.78, 5) is 12.4. The lowest BCUT2D eigenvalue weighted by Gasteiger charge is -2.22. The van der Waals surface area contributed by atoms with Gasteiger partial charge in [-0.05, 0) is 24.3 Å². The van der Waals surface area contributed by atoms with Crippen molar-refractivity contribution in [1.29, 1.82) is 0 Å². The van der Waals surface area contributed by atoms with Crippen LogP contribution >= 0.6 is 15.9 Å². The molecule has 0 radical (unpaired) electrons. The molecule has 0 aliphatic rings. The molecule has 0 saturated carbocycles. The first-order valence-corrected chi connectivity index (χ1v) is 8.11. The first-order valence-electron chi connectivity index (χ1n) is 6.99. The molecule has 106 valence electrons. The number of carbonyl (C=O) groups excluding carboxylic acids is 1. The van der Waals surface area contributed by atoms with Gasteiger partial charge in [-0.3, -0.25) is 4.79 Å². The molecule has 1 N–H and O–H groups in total. The van der Waals surface area contributed by atoms with E-state index in [1.807, 2.05) is 30.3 Å². The molecule has 1 rings (SSSR count). The van der Waals surface area contributed by atoms with Crippen LogP contribution in [0.1, 0.15) is 45.1 Å². The number of benzene rings is 1. The molecule has 0 spiro atoms. The number of alkyl halides is 1. The first-order chi connectivity index (χ1) is 9.08. The lowest BCUT2D eigenvalue weighted by atomic mass is 9.95. The summed E-state index contributed by atoms with van der Waals surface area (Å²) in [6, 6.07) is 10.2. The summed E-state index contributed by atoms with van der Waals surface area (Å²) in [5.41, 5.74) is 1.10. The van der Waals surface area contributed by atoms with E-state index in [1.54, 1.807) is 0 Å². The lowest BCUT2D eigenvalue weighted by Crippen LogP contribution is -2.39. The third-order valence-electron chi connectivity index (χ3n) is 3.22. The van der Waals surface area contributed by atoms with Crippen molar-refractivity contribution in [3.63, 3.8) is 0 Å². The van der Waals surface area contributed by atoms with Crippen molar-refractivity contribution < 1.29 is 4.79 Å². The predicted molar refractivity (Wildman–Crippen MR) is 84.7 cm³/mol. The van der Waals surface area contributed by atoms with Crippen LogP contribution in [0.4, 0.5) is 0 Å². The average molecular weight is 326 g/mol. The Labute approximate surface area is 125 Å². The van der Waals surface area contributed by atoms with Gasteiger partial charge in [0, 0.05) is 11.4 Å². The third-order valence-corrected chi connectivity index (χ3v) is 4.00. The van der Waals surface area contributed by atoms with E-state index in [4.69, 9.17) is 0 Å². The summed E-state index contributed by atoms with van der Waals surface area (Å²) in [5.74, 6) is 0.674. The van der Waals surface area contributed by atoms with E-state index in [9.17, 15) is 4.79 Å². The number of rotatable bonds is 7. The highest BCUT2D eigenvalue weighted by Gasteiger charge is 2.21. The van der Waals surface area contributed by atoms with Crippen molar-refractivity contribution in [2.75, 3.05) is 5.33 Å².